The van der Waals surface area contributed by atoms with E-state index >= 15 is 0 Å². The third-order valence-electron chi connectivity index (χ3n) is 3.61. The van der Waals surface area contributed by atoms with Gasteiger partial charge in [-0.25, -0.2) is 4.98 Å². The maximum absolute atomic E-state index is 12.2. The lowest BCUT2D eigenvalue weighted by atomic mass is 10.1. The molecule has 3 heterocycles. The summed E-state index contributed by atoms with van der Waals surface area (Å²) in [5.41, 5.74) is 2.70. The number of aromatic nitrogens is 3. The Bertz CT molecular complexity index is 995. The number of aryl methyl sites for hydroxylation is 1. The molecule has 0 aliphatic carbocycles. The van der Waals surface area contributed by atoms with Crippen LogP contribution in [0.1, 0.15) is 0 Å². The number of nitrogens with one attached hydrogen (secondary N) is 1. The first-order valence-electron chi connectivity index (χ1n) is 6.11. The van der Waals surface area contributed by atoms with Crippen LogP contribution in [0.15, 0.2) is 47.4 Å². The molecule has 0 saturated carbocycles. The van der Waals surface area contributed by atoms with Crippen LogP contribution in [0, 0.1) is 0 Å². The molecule has 4 aromatic rings. The van der Waals surface area contributed by atoms with E-state index in [1.54, 1.807) is 6.20 Å². The number of aromatic amines is 1. The molecule has 4 rings (SSSR count). The zero-order valence-corrected chi connectivity index (χ0v) is 10.3. The lowest BCUT2D eigenvalue weighted by Crippen LogP contribution is -2.06. The highest BCUT2D eigenvalue weighted by molar-refractivity contribution is 6.14. The van der Waals surface area contributed by atoms with Crippen LogP contribution in [0.3, 0.4) is 0 Å². The van der Waals surface area contributed by atoms with Gasteiger partial charge in [-0.05, 0) is 18.2 Å². The van der Waals surface area contributed by atoms with Crippen LogP contribution < -0.4 is 5.56 Å². The van der Waals surface area contributed by atoms with E-state index in [-0.39, 0.29) is 5.56 Å². The average Bonchev–Trinajstić information content (AvgIpc) is 2.73. The molecule has 0 aliphatic rings. The van der Waals surface area contributed by atoms with Crippen molar-refractivity contribution < 1.29 is 0 Å². The number of H-pyrrole nitrogens is 1. The molecule has 1 N–H and O–H groups in total. The third kappa shape index (κ3) is 1.23. The fraction of sp³-hybridized carbons (Fsp3) is 0.0667. The minimum absolute atomic E-state index is 0.0561. The number of benzene rings is 1. The second kappa shape index (κ2) is 3.45. The predicted octanol–water partition coefficient (Wildman–Crippen LogP) is 2.57. The Hall–Kier alpha value is -2.62. The average molecular weight is 249 g/mol. The van der Waals surface area contributed by atoms with Gasteiger partial charge in [0.15, 0.2) is 0 Å². The van der Waals surface area contributed by atoms with Crippen molar-refractivity contribution in [1.29, 1.82) is 0 Å². The van der Waals surface area contributed by atoms with E-state index in [1.165, 1.54) is 0 Å². The van der Waals surface area contributed by atoms with Crippen LogP contribution in [0.25, 0.3) is 32.8 Å². The van der Waals surface area contributed by atoms with Crippen LogP contribution in [-0.2, 0) is 7.05 Å². The Balaban J connectivity index is 2.45. The summed E-state index contributed by atoms with van der Waals surface area (Å²) >= 11 is 0. The molecule has 1 aromatic carbocycles. The van der Waals surface area contributed by atoms with E-state index < -0.39 is 0 Å². The molecule has 0 amide bonds. The minimum atomic E-state index is -0.0561. The van der Waals surface area contributed by atoms with E-state index in [4.69, 9.17) is 0 Å². The van der Waals surface area contributed by atoms with Gasteiger partial charge in [-0.15, -0.1) is 0 Å². The Labute approximate surface area is 108 Å². The van der Waals surface area contributed by atoms with Crippen molar-refractivity contribution in [2.45, 2.75) is 0 Å². The fourth-order valence-electron chi connectivity index (χ4n) is 2.77. The summed E-state index contributed by atoms with van der Waals surface area (Å²) in [5, 5.41) is 2.64. The van der Waals surface area contributed by atoms with Crippen LogP contribution in [0.4, 0.5) is 0 Å². The third-order valence-corrected chi connectivity index (χ3v) is 3.61. The molecule has 92 valence electrons. The summed E-state index contributed by atoms with van der Waals surface area (Å²) in [6.07, 6.45) is 1.77. The van der Waals surface area contributed by atoms with Gasteiger partial charge in [-0.1, -0.05) is 18.2 Å². The second-order valence-corrected chi connectivity index (χ2v) is 4.66. The molecule has 0 bridgehead atoms. The maximum atomic E-state index is 12.2. The van der Waals surface area contributed by atoms with Gasteiger partial charge >= 0.3 is 0 Å². The first-order chi connectivity index (χ1) is 9.27. The summed E-state index contributed by atoms with van der Waals surface area (Å²) in [5.74, 6) is 0. The quantitative estimate of drug-likeness (QED) is 0.520. The van der Waals surface area contributed by atoms with E-state index in [9.17, 15) is 4.79 Å². The lowest BCUT2D eigenvalue weighted by molar-refractivity contribution is 0.992. The number of nitrogens with zero attached hydrogens (tertiary/aromatic N) is 2. The smallest absolute Gasteiger partial charge is 0.256 e. The highest BCUT2D eigenvalue weighted by atomic mass is 16.1. The largest absolute Gasteiger partial charge is 0.327 e. The van der Waals surface area contributed by atoms with E-state index in [0.29, 0.717) is 5.39 Å². The Morgan fingerprint density at radius 1 is 1.05 bits per heavy atom. The standard InChI is InChI=1S/C15H11N3O/c1-18-13-9-5-2-3-6-10(9)15(19)17-12(13)11-7-4-8-16-14(11)18/h2-8H,1H3,(H,17,19). The topological polar surface area (TPSA) is 50.7 Å². The zero-order valence-electron chi connectivity index (χ0n) is 10.3. The highest BCUT2D eigenvalue weighted by Crippen LogP contribution is 2.28. The van der Waals surface area contributed by atoms with Crippen LogP contribution in [0.2, 0.25) is 0 Å². The molecule has 0 atom stereocenters. The summed E-state index contributed by atoms with van der Waals surface area (Å²) in [7, 11) is 1.97. The van der Waals surface area contributed by atoms with Gasteiger partial charge < -0.3 is 9.55 Å². The van der Waals surface area contributed by atoms with E-state index in [2.05, 4.69) is 9.97 Å². The normalized spacial score (nSPS) is 11.6. The molecule has 4 nitrogen and oxygen atoms in total. The van der Waals surface area contributed by atoms with Gasteiger partial charge in [-0.2, -0.15) is 0 Å². The first-order valence-corrected chi connectivity index (χ1v) is 6.11. The van der Waals surface area contributed by atoms with Crippen molar-refractivity contribution in [3.63, 3.8) is 0 Å². The molecule has 3 aromatic heterocycles. The molecular weight excluding hydrogens is 238 g/mol. The Morgan fingerprint density at radius 3 is 2.63 bits per heavy atom. The molecular formula is C15H11N3O. The van der Waals surface area contributed by atoms with Crippen LogP contribution in [0.5, 0.6) is 0 Å². The molecule has 0 radical (unpaired) electrons. The number of hydrogen-bond acceptors (Lipinski definition) is 2. The SMILES string of the molecule is Cn1c2ncccc2c2[nH]c(=O)c3ccccc3c21. The predicted molar refractivity (Wildman–Crippen MR) is 76.3 cm³/mol. The van der Waals surface area contributed by atoms with Crippen LogP contribution in [-0.4, -0.2) is 14.5 Å². The van der Waals surface area contributed by atoms with Crippen molar-refractivity contribution in [3.05, 3.63) is 52.9 Å². The minimum Gasteiger partial charge on any atom is -0.327 e. The molecule has 0 saturated heterocycles. The van der Waals surface area contributed by atoms with Crippen molar-refractivity contribution >= 4 is 32.8 Å². The number of fused-ring (bicyclic) bond motifs is 5. The van der Waals surface area contributed by atoms with E-state index in [1.807, 2.05) is 48.0 Å². The van der Waals surface area contributed by atoms with E-state index in [0.717, 1.165) is 27.5 Å². The maximum Gasteiger partial charge on any atom is 0.256 e. The van der Waals surface area contributed by atoms with Crippen molar-refractivity contribution in [2.24, 2.45) is 7.05 Å². The molecule has 4 heteroatoms. The monoisotopic (exact) mass is 249 g/mol. The molecule has 0 unspecified atom stereocenters. The Kier molecular flexibility index (Phi) is 1.87. The lowest BCUT2D eigenvalue weighted by Gasteiger charge is -2.01. The fourth-order valence-corrected chi connectivity index (χ4v) is 2.77. The highest BCUT2D eigenvalue weighted by Gasteiger charge is 2.13. The second-order valence-electron chi connectivity index (χ2n) is 4.66. The summed E-state index contributed by atoms with van der Waals surface area (Å²) in [6, 6.07) is 11.5. The Morgan fingerprint density at radius 2 is 1.79 bits per heavy atom. The summed E-state index contributed by atoms with van der Waals surface area (Å²) < 4.78 is 2.03. The molecule has 0 spiro atoms. The van der Waals surface area contributed by atoms with Gasteiger partial charge in [0, 0.05) is 29.4 Å². The van der Waals surface area contributed by atoms with Gasteiger partial charge in [0.05, 0.1) is 11.0 Å². The number of pyridine rings is 2. The summed E-state index contributed by atoms with van der Waals surface area (Å²) in [6.45, 7) is 0. The van der Waals surface area contributed by atoms with Gasteiger partial charge in [0.2, 0.25) is 0 Å². The number of rotatable bonds is 0. The van der Waals surface area contributed by atoms with Gasteiger partial charge in [-0.3, -0.25) is 4.79 Å². The first kappa shape index (κ1) is 10.3. The van der Waals surface area contributed by atoms with Crippen molar-refractivity contribution in [3.8, 4) is 0 Å². The van der Waals surface area contributed by atoms with Crippen molar-refractivity contribution in [1.82, 2.24) is 14.5 Å². The summed E-state index contributed by atoms with van der Waals surface area (Å²) in [4.78, 5) is 19.5. The van der Waals surface area contributed by atoms with Gasteiger partial charge in [0.1, 0.15) is 5.65 Å². The zero-order chi connectivity index (χ0) is 13.0. The van der Waals surface area contributed by atoms with Gasteiger partial charge in [0.25, 0.3) is 5.56 Å². The molecule has 0 fully saturated rings. The molecule has 19 heavy (non-hydrogen) atoms. The molecule has 0 aliphatic heterocycles. The number of hydrogen-bond donors (Lipinski definition) is 1. The van der Waals surface area contributed by atoms with Crippen molar-refractivity contribution in [2.75, 3.05) is 0 Å². The van der Waals surface area contributed by atoms with Crippen LogP contribution >= 0.6 is 0 Å².